The summed E-state index contributed by atoms with van der Waals surface area (Å²) in [7, 11) is 0. The minimum atomic E-state index is 0. The largest absolute Gasteiger partial charge is 2.00 e. The fraction of sp³-hybridized carbons (Fsp3) is 0.667. The topological polar surface area (TPSA) is 17.1 Å². The van der Waals surface area contributed by atoms with E-state index in [2.05, 4.69) is 0 Å². The smallest absolute Gasteiger partial charge is 0.300 e. The minimum Gasteiger partial charge on any atom is -0.300 e. The van der Waals surface area contributed by atoms with Gasteiger partial charge < -0.3 is 4.79 Å². The van der Waals surface area contributed by atoms with E-state index >= 15 is 0 Å². The molecule has 0 aromatic carbocycles. The zero-order valence-corrected chi connectivity index (χ0v) is 4.59. The number of ketones is 1. The predicted octanol–water partition coefficient (Wildman–Crippen LogP) is 0.593. The first kappa shape index (κ1) is 8.96. The standard InChI is InChI=1S/C3H6O.Cr/c1-3(2)4;/h1-2H3;/q;+2. The van der Waals surface area contributed by atoms with Crippen LogP contribution in [-0.2, 0) is 22.2 Å². The summed E-state index contributed by atoms with van der Waals surface area (Å²) in [5, 5.41) is 0. The fourth-order valence-corrected chi connectivity index (χ4v) is 0. The molecule has 0 heterocycles. The Balaban J connectivity index is 0. The van der Waals surface area contributed by atoms with Gasteiger partial charge >= 0.3 is 17.4 Å². The SMILES string of the molecule is CC(C)=O.[Cr+2]. The number of hydrogen-bond acceptors (Lipinski definition) is 1. The van der Waals surface area contributed by atoms with Crippen LogP contribution in [-0.4, -0.2) is 5.78 Å². The average Bonchev–Trinajstić information content (AvgIpc) is 0.811. The van der Waals surface area contributed by atoms with Crippen molar-refractivity contribution in [1.82, 2.24) is 0 Å². The van der Waals surface area contributed by atoms with Gasteiger partial charge in [-0.2, -0.15) is 0 Å². The van der Waals surface area contributed by atoms with Gasteiger partial charge in [-0.15, -0.1) is 0 Å². The third kappa shape index (κ3) is 497. The van der Waals surface area contributed by atoms with Crippen LogP contribution in [0.15, 0.2) is 0 Å². The Morgan fingerprint density at radius 3 is 1.40 bits per heavy atom. The molecule has 0 unspecified atom stereocenters. The van der Waals surface area contributed by atoms with Crippen LogP contribution in [0.2, 0.25) is 0 Å². The molecule has 0 spiro atoms. The summed E-state index contributed by atoms with van der Waals surface area (Å²) in [5.41, 5.74) is 0. The van der Waals surface area contributed by atoms with Gasteiger partial charge in [0.05, 0.1) is 0 Å². The molecule has 0 aliphatic rings. The van der Waals surface area contributed by atoms with Gasteiger partial charge in [0.25, 0.3) is 0 Å². The minimum absolute atomic E-state index is 0. The van der Waals surface area contributed by atoms with Crippen molar-refractivity contribution >= 4 is 5.78 Å². The van der Waals surface area contributed by atoms with Gasteiger partial charge in [0.15, 0.2) is 0 Å². The summed E-state index contributed by atoms with van der Waals surface area (Å²) in [6.07, 6.45) is 0. The number of carbonyl (C=O) groups is 1. The first-order valence-electron chi connectivity index (χ1n) is 1.20. The molecule has 0 bridgehead atoms. The first-order chi connectivity index (χ1) is 1.73. The normalized spacial score (nSPS) is 5.20. The predicted molar refractivity (Wildman–Crippen MR) is 16.4 cm³/mol. The van der Waals surface area contributed by atoms with Crippen molar-refractivity contribution < 1.29 is 22.2 Å². The maximum atomic E-state index is 9.44. The molecule has 1 nitrogen and oxygen atoms in total. The van der Waals surface area contributed by atoms with Gasteiger partial charge in [0.1, 0.15) is 5.78 Å². The van der Waals surface area contributed by atoms with E-state index < -0.39 is 0 Å². The van der Waals surface area contributed by atoms with Crippen LogP contribution < -0.4 is 0 Å². The zero-order valence-electron chi connectivity index (χ0n) is 3.32. The van der Waals surface area contributed by atoms with Gasteiger partial charge in [-0.25, -0.2) is 0 Å². The summed E-state index contributed by atoms with van der Waals surface area (Å²) in [6, 6.07) is 0. The Morgan fingerprint density at radius 2 is 1.40 bits per heavy atom. The fourth-order valence-electron chi connectivity index (χ4n) is 0. The van der Waals surface area contributed by atoms with E-state index in [0.717, 1.165) is 0 Å². The molecule has 28 valence electrons. The van der Waals surface area contributed by atoms with Crippen molar-refractivity contribution in [2.24, 2.45) is 0 Å². The van der Waals surface area contributed by atoms with Gasteiger partial charge in [-0.3, -0.25) is 0 Å². The van der Waals surface area contributed by atoms with E-state index in [1.54, 1.807) is 0 Å². The molecule has 0 aromatic rings. The molecule has 0 N–H and O–H groups in total. The number of carbonyl (C=O) groups excluding carboxylic acids is 1. The van der Waals surface area contributed by atoms with E-state index in [0.29, 0.717) is 0 Å². The van der Waals surface area contributed by atoms with Gasteiger partial charge in [0.2, 0.25) is 0 Å². The third-order valence-electron chi connectivity index (χ3n) is 0. The molecule has 0 radical (unpaired) electrons. The van der Waals surface area contributed by atoms with Crippen molar-refractivity contribution in [3.63, 3.8) is 0 Å². The monoisotopic (exact) mass is 110 g/mol. The Bertz CT molecular complexity index is 29.9. The maximum absolute atomic E-state index is 9.44. The number of rotatable bonds is 0. The molecule has 0 saturated carbocycles. The molecule has 0 atom stereocenters. The Hall–Kier alpha value is 0.202. The summed E-state index contributed by atoms with van der Waals surface area (Å²) in [4.78, 5) is 9.44. The van der Waals surface area contributed by atoms with E-state index in [4.69, 9.17) is 0 Å². The Labute approximate surface area is 42.5 Å². The summed E-state index contributed by atoms with van der Waals surface area (Å²) < 4.78 is 0. The van der Waals surface area contributed by atoms with Crippen LogP contribution in [0.3, 0.4) is 0 Å². The van der Waals surface area contributed by atoms with Crippen molar-refractivity contribution in [1.29, 1.82) is 0 Å². The van der Waals surface area contributed by atoms with E-state index in [9.17, 15) is 4.79 Å². The average molecular weight is 110 g/mol. The molecule has 0 aliphatic heterocycles. The number of hydrogen-bond donors (Lipinski definition) is 0. The van der Waals surface area contributed by atoms with E-state index in [-0.39, 0.29) is 23.1 Å². The Morgan fingerprint density at radius 1 is 1.40 bits per heavy atom. The molecule has 5 heavy (non-hydrogen) atoms. The van der Waals surface area contributed by atoms with Crippen molar-refractivity contribution in [3.8, 4) is 0 Å². The molecule has 0 fully saturated rings. The van der Waals surface area contributed by atoms with E-state index in [1.807, 2.05) is 0 Å². The van der Waals surface area contributed by atoms with Crippen LogP contribution in [0, 0.1) is 0 Å². The van der Waals surface area contributed by atoms with Crippen LogP contribution in [0.25, 0.3) is 0 Å². The van der Waals surface area contributed by atoms with Crippen molar-refractivity contribution in [2.75, 3.05) is 0 Å². The second-order valence-electron chi connectivity index (χ2n) is 0.908. The second-order valence-corrected chi connectivity index (χ2v) is 0.908. The second kappa shape index (κ2) is 4.20. The van der Waals surface area contributed by atoms with Gasteiger partial charge in [0, 0.05) is 0 Å². The van der Waals surface area contributed by atoms with Crippen LogP contribution in [0.1, 0.15) is 13.8 Å². The van der Waals surface area contributed by atoms with Crippen LogP contribution in [0.5, 0.6) is 0 Å². The molecule has 2 heteroatoms. The molecular weight excluding hydrogens is 104 g/mol. The summed E-state index contributed by atoms with van der Waals surface area (Å²) in [6.45, 7) is 3.06. The Kier molecular flexibility index (Phi) is 7.53. The molecule has 0 aliphatic carbocycles. The molecule has 0 aromatic heterocycles. The van der Waals surface area contributed by atoms with Crippen LogP contribution >= 0.6 is 0 Å². The van der Waals surface area contributed by atoms with Crippen molar-refractivity contribution in [3.05, 3.63) is 0 Å². The molecule has 0 amide bonds. The summed E-state index contributed by atoms with van der Waals surface area (Å²) >= 11 is 0. The molecule has 0 rings (SSSR count). The molecular formula is C3H6CrO+2. The quantitative estimate of drug-likeness (QED) is 0.446. The maximum Gasteiger partial charge on any atom is 2.00 e. The van der Waals surface area contributed by atoms with Gasteiger partial charge in [-0.05, 0) is 13.8 Å². The van der Waals surface area contributed by atoms with E-state index in [1.165, 1.54) is 13.8 Å². The number of Topliss-reactive ketones (excluding diaryl/α,β-unsaturated/α-hetero) is 1. The van der Waals surface area contributed by atoms with Gasteiger partial charge in [-0.1, -0.05) is 0 Å². The van der Waals surface area contributed by atoms with Crippen LogP contribution in [0.4, 0.5) is 0 Å². The summed E-state index contributed by atoms with van der Waals surface area (Å²) in [5.74, 6) is 0.167. The van der Waals surface area contributed by atoms with Crippen molar-refractivity contribution in [2.45, 2.75) is 13.8 Å². The third-order valence-corrected chi connectivity index (χ3v) is 0. The molecule has 0 saturated heterocycles. The zero-order chi connectivity index (χ0) is 3.58. The first-order valence-corrected chi connectivity index (χ1v) is 1.20.